The maximum atomic E-state index is 10.8. The Morgan fingerprint density at radius 2 is 2.31 bits per heavy atom. The quantitative estimate of drug-likeness (QED) is 0.816. The number of carboxylic acids is 1. The monoisotopic (exact) mass is 305 g/mol. The van der Waals surface area contributed by atoms with Gasteiger partial charge in [0.1, 0.15) is 6.04 Å². The maximum Gasteiger partial charge on any atom is 0.326 e. The summed E-state index contributed by atoms with van der Waals surface area (Å²) in [7, 11) is 0. The van der Waals surface area contributed by atoms with Crippen molar-refractivity contribution in [1.29, 1.82) is 0 Å². The van der Waals surface area contributed by atoms with Gasteiger partial charge in [-0.1, -0.05) is 33.6 Å². The molecule has 0 fully saturated rings. The molecule has 0 spiro atoms. The second-order valence-corrected chi connectivity index (χ2v) is 4.41. The van der Waals surface area contributed by atoms with Gasteiger partial charge >= 0.3 is 5.97 Å². The van der Waals surface area contributed by atoms with Gasteiger partial charge in [0.2, 0.25) is 6.41 Å². The molecule has 16 heavy (non-hydrogen) atoms. The summed E-state index contributed by atoms with van der Waals surface area (Å²) in [6.45, 7) is 0. The molecule has 4 nitrogen and oxygen atoms in total. The first-order valence-electron chi connectivity index (χ1n) is 4.41. The highest BCUT2D eigenvalue weighted by atomic mass is 79.9. The van der Waals surface area contributed by atoms with E-state index in [9.17, 15) is 9.59 Å². The number of halogens is 2. The molecule has 1 unspecified atom stereocenters. The van der Waals surface area contributed by atoms with Crippen LogP contribution in [-0.2, 0) is 16.0 Å². The van der Waals surface area contributed by atoms with E-state index in [1.54, 1.807) is 18.2 Å². The normalized spacial score (nSPS) is 11.9. The first-order valence-corrected chi connectivity index (χ1v) is 5.58. The minimum atomic E-state index is -1.08. The Morgan fingerprint density at radius 1 is 1.62 bits per heavy atom. The van der Waals surface area contributed by atoms with E-state index in [2.05, 4.69) is 21.2 Å². The molecule has 1 rings (SSSR count). The van der Waals surface area contributed by atoms with Crippen LogP contribution in [0.2, 0.25) is 5.02 Å². The summed E-state index contributed by atoms with van der Waals surface area (Å²) in [6.07, 6.45) is 0.578. The third kappa shape index (κ3) is 3.50. The van der Waals surface area contributed by atoms with Crippen molar-refractivity contribution in [2.45, 2.75) is 12.5 Å². The van der Waals surface area contributed by atoms with Crippen LogP contribution in [0.3, 0.4) is 0 Å². The van der Waals surface area contributed by atoms with Gasteiger partial charge in [-0.05, 0) is 17.7 Å². The van der Waals surface area contributed by atoms with E-state index in [1.165, 1.54) is 0 Å². The van der Waals surface area contributed by atoms with Crippen LogP contribution in [-0.4, -0.2) is 23.5 Å². The number of carbonyl (C=O) groups is 2. The molecule has 1 atom stereocenters. The second kappa shape index (κ2) is 5.86. The van der Waals surface area contributed by atoms with E-state index in [0.717, 1.165) is 10.0 Å². The van der Waals surface area contributed by atoms with E-state index in [0.29, 0.717) is 11.4 Å². The van der Waals surface area contributed by atoms with Gasteiger partial charge in [-0.3, -0.25) is 4.79 Å². The number of aliphatic carboxylic acids is 1. The fourth-order valence-electron chi connectivity index (χ4n) is 1.21. The van der Waals surface area contributed by atoms with Gasteiger partial charge in [-0.15, -0.1) is 0 Å². The molecular formula is C10H9BrClNO3. The smallest absolute Gasteiger partial charge is 0.326 e. The van der Waals surface area contributed by atoms with Crippen LogP contribution in [0, 0.1) is 0 Å². The van der Waals surface area contributed by atoms with Crippen LogP contribution >= 0.6 is 27.5 Å². The largest absolute Gasteiger partial charge is 0.480 e. The molecule has 0 saturated carbocycles. The van der Waals surface area contributed by atoms with Crippen molar-refractivity contribution >= 4 is 39.9 Å². The van der Waals surface area contributed by atoms with Crippen LogP contribution in [0.5, 0.6) is 0 Å². The summed E-state index contributed by atoms with van der Waals surface area (Å²) < 4.78 is 0.721. The van der Waals surface area contributed by atoms with Gasteiger partial charge in [-0.2, -0.15) is 0 Å². The van der Waals surface area contributed by atoms with Crippen molar-refractivity contribution in [2.75, 3.05) is 0 Å². The number of hydrogen-bond acceptors (Lipinski definition) is 2. The minimum Gasteiger partial charge on any atom is -0.480 e. The van der Waals surface area contributed by atoms with Crippen LogP contribution < -0.4 is 5.32 Å². The molecule has 0 aliphatic carbocycles. The standard InChI is InChI=1S/C10H9BrClNO3/c11-8-4-7(12)2-1-6(8)3-9(10(15)16)13-5-14/h1-2,4-5,9H,3H2,(H,13,14)(H,15,16). The van der Waals surface area contributed by atoms with E-state index in [1.807, 2.05) is 0 Å². The summed E-state index contributed by atoms with van der Waals surface area (Å²) >= 11 is 9.04. The predicted molar refractivity (Wildman–Crippen MR) is 63.5 cm³/mol. The van der Waals surface area contributed by atoms with Crippen molar-refractivity contribution in [3.63, 3.8) is 0 Å². The molecular weight excluding hydrogens is 297 g/mol. The Kier molecular flexibility index (Phi) is 4.76. The van der Waals surface area contributed by atoms with Gasteiger partial charge in [-0.25, -0.2) is 4.79 Å². The molecule has 1 aromatic carbocycles. The number of benzene rings is 1. The predicted octanol–water partition coefficient (Wildman–Crippen LogP) is 1.84. The molecule has 6 heteroatoms. The van der Waals surface area contributed by atoms with Gasteiger partial charge in [0.05, 0.1) is 0 Å². The van der Waals surface area contributed by atoms with Gasteiger partial charge in [0.15, 0.2) is 0 Å². The average Bonchev–Trinajstić information content (AvgIpc) is 2.20. The van der Waals surface area contributed by atoms with E-state index in [-0.39, 0.29) is 6.42 Å². The highest BCUT2D eigenvalue weighted by Crippen LogP contribution is 2.22. The lowest BCUT2D eigenvalue weighted by atomic mass is 10.1. The van der Waals surface area contributed by atoms with E-state index in [4.69, 9.17) is 16.7 Å². The van der Waals surface area contributed by atoms with Crippen molar-refractivity contribution in [3.8, 4) is 0 Å². The number of nitrogens with one attached hydrogen (secondary N) is 1. The lowest BCUT2D eigenvalue weighted by Gasteiger charge is -2.12. The molecule has 0 aliphatic heterocycles. The molecule has 0 radical (unpaired) electrons. The fraction of sp³-hybridized carbons (Fsp3) is 0.200. The molecule has 0 bridgehead atoms. The molecule has 0 aromatic heterocycles. The van der Waals surface area contributed by atoms with E-state index >= 15 is 0 Å². The summed E-state index contributed by atoms with van der Waals surface area (Å²) in [4.78, 5) is 21.1. The lowest BCUT2D eigenvalue weighted by Crippen LogP contribution is -2.37. The number of amides is 1. The number of hydrogen-bond donors (Lipinski definition) is 2. The Hall–Kier alpha value is -1.07. The summed E-state index contributed by atoms with van der Waals surface area (Å²) in [5, 5.41) is 11.6. The Bertz CT molecular complexity index is 411. The number of rotatable bonds is 5. The van der Waals surface area contributed by atoms with Crippen LogP contribution in [0.25, 0.3) is 0 Å². The van der Waals surface area contributed by atoms with Crippen LogP contribution in [0.15, 0.2) is 22.7 Å². The first kappa shape index (κ1) is 13.0. The number of carboxylic acid groups (broad SMARTS) is 1. The average molecular weight is 307 g/mol. The van der Waals surface area contributed by atoms with Gasteiger partial charge in [0.25, 0.3) is 0 Å². The Labute approximate surface area is 106 Å². The van der Waals surface area contributed by atoms with Crippen molar-refractivity contribution in [1.82, 2.24) is 5.32 Å². The van der Waals surface area contributed by atoms with Crippen molar-refractivity contribution < 1.29 is 14.7 Å². The second-order valence-electron chi connectivity index (χ2n) is 3.12. The molecule has 2 N–H and O–H groups in total. The molecule has 0 heterocycles. The topological polar surface area (TPSA) is 66.4 Å². The lowest BCUT2D eigenvalue weighted by molar-refractivity contribution is -0.140. The van der Waals surface area contributed by atoms with Gasteiger partial charge < -0.3 is 10.4 Å². The first-order chi connectivity index (χ1) is 7.54. The van der Waals surface area contributed by atoms with Crippen molar-refractivity contribution in [2.24, 2.45) is 0 Å². The van der Waals surface area contributed by atoms with Gasteiger partial charge in [0, 0.05) is 15.9 Å². The van der Waals surface area contributed by atoms with E-state index < -0.39 is 12.0 Å². The maximum absolute atomic E-state index is 10.8. The zero-order valence-electron chi connectivity index (χ0n) is 8.11. The summed E-state index contributed by atoms with van der Waals surface area (Å²) in [6, 6.07) is 4.13. The molecule has 86 valence electrons. The fourth-order valence-corrected chi connectivity index (χ4v) is 2.05. The highest BCUT2D eigenvalue weighted by Gasteiger charge is 2.17. The third-order valence-electron chi connectivity index (χ3n) is 2.01. The minimum absolute atomic E-state index is 0.200. The Morgan fingerprint density at radius 3 is 2.81 bits per heavy atom. The van der Waals surface area contributed by atoms with Crippen LogP contribution in [0.4, 0.5) is 0 Å². The van der Waals surface area contributed by atoms with Crippen molar-refractivity contribution in [3.05, 3.63) is 33.3 Å². The summed E-state index contributed by atoms with van der Waals surface area (Å²) in [5.41, 5.74) is 0.770. The molecule has 1 amide bonds. The number of carbonyl (C=O) groups excluding carboxylic acids is 1. The van der Waals surface area contributed by atoms with Crippen LogP contribution in [0.1, 0.15) is 5.56 Å². The zero-order chi connectivity index (χ0) is 12.1. The zero-order valence-corrected chi connectivity index (χ0v) is 10.5. The third-order valence-corrected chi connectivity index (χ3v) is 2.98. The highest BCUT2D eigenvalue weighted by molar-refractivity contribution is 9.10. The Balaban J connectivity index is 2.84. The molecule has 0 saturated heterocycles. The SMILES string of the molecule is O=CNC(Cc1ccc(Cl)cc1Br)C(=O)O. The molecule has 0 aliphatic rings. The molecule has 1 aromatic rings. The summed E-state index contributed by atoms with van der Waals surface area (Å²) in [5.74, 6) is -1.08.